The van der Waals surface area contributed by atoms with Crippen molar-refractivity contribution >= 4 is 23.2 Å². The minimum atomic E-state index is -0.914. The maximum Gasteiger partial charge on any atom is 0.345 e. The van der Waals surface area contributed by atoms with Crippen LogP contribution in [0.3, 0.4) is 0 Å². The van der Waals surface area contributed by atoms with Crippen LogP contribution < -0.4 is 5.32 Å². The molecule has 1 unspecified atom stereocenters. The summed E-state index contributed by atoms with van der Waals surface area (Å²) in [6.45, 7) is 2.40. The molecule has 0 aliphatic carbocycles. The van der Waals surface area contributed by atoms with Gasteiger partial charge in [0.05, 0.1) is 6.61 Å². The highest BCUT2D eigenvalue weighted by Crippen LogP contribution is 2.33. The number of carboxylic acids is 1. The molecule has 0 bridgehead atoms. The molecule has 2 N–H and O–H groups in total. The molecule has 1 atom stereocenters. The molecule has 0 aromatic carbocycles. The number of rotatable bonds is 3. The molecule has 0 fully saturated rings. The summed E-state index contributed by atoms with van der Waals surface area (Å²) in [6.07, 6.45) is 0.510. The van der Waals surface area contributed by atoms with Crippen molar-refractivity contribution in [2.45, 2.75) is 19.4 Å². The Balaban J connectivity index is 2.18. The van der Waals surface area contributed by atoms with Crippen molar-refractivity contribution in [3.8, 4) is 0 Å². The molecule has 1 aliphatic heterocycles. The molecule has 6 heteroatoms. The van der Waals surface area contributed by atoms with Crippen LogP contribution in [0.4, 0.5) is 0 Å². The number of nitrogens with one attached hydrogen (secondary N) is 1. The van der Waals surface area contributed by atoms with Crippen molar-refractivity contribution in [3.63, 3.8) is 0 Å². The third-order valence-electron chi connectivity index (χ3n) is 2.58. The van der Waals surface area contributed by atoms with Gasteiger partial charge in [0.25, 0.3) is 0 Å². The number of fused-ring (bicyclic) bond motifs is 1. The van der Waals surface area contributed by atoms with Gasteiger partial charge in [0, 0.05) is 24.8 Å². The summed E-state index contributed by atoms with van der Waals surface area (Å²) in [5.41, 5.74) is 0.896. The third kappa shape index (κ3) is 2.65. The smallest absolute Gasteiger partial charge is 0.345 e. The molecule has 1 aliphatic rings. The van der Waals surface area contributed by atoms with Crippen LogP contribution in [0.15, 0.2) is 6.07 Å². The molecule has 0 saturated carbocycles. The van der Waals surface area contributed by atoms with Crippen LogP contribution in [0, 0.1) is 0 Å². The molecule has 1 aromatic rings. The van der Waals surface area contributed by atoms with E-state index in [1.807, 2.05) is 0 Å². The summed E-state index contributed by atoms with van der Waals surface area (Å²) in [4.78, 5) is 23.1. The monoisotopic (exact) mass is 255 g/mol. The summed E-state index contributed by atoms with van der Waals surface area (Å²) in [6, 6.07) is 1.65. The van der Waals surface area contributed by atoms with Gasteiger partial charge in [0.2, 0.25) is 5.91 Å². The highest BCUT2D eigenvalue weighted by atomic mass is 32.1. The first-order valence-corrected chi connectivity index (χ1v) is 6.11. The van der Waals surface area contributed by atoms with E-state index in [1.165, 1.54) is 18.3 Å². The predicted molar refractivity (Wildman–Crippen MR) is 62.4 cm³/mol. The van der Waals surface area contributed by atoms with Crippen molar-refractivity contribution in [2.75, 3.05) is 13.2 Å². The molecule has 17 heavy (non-hydrogen) atoms. The van der Waals surface area contributed by atoms with Gasteiger partial charge >= 0.3 is 5.97 Å². The van der Waals surface area contributed by atoms with Gasteiger partial charge in [-0.3, -0.25) is 4.79 Å². The van der Waals surface area contributed by atoms with Gasteiger partial charge in [-0.15, -0.1) is 11.3 Å². The average Bonchev–Trinajstić information content (AvgIpc) is 2.70. The Morgan fingerprint density at radius 1 is 1.65 bits per heavy atom. The highest BCUT2D eigenvalue weighted by molar-refractivity contribution is 7.14. The first-order valence-electron chi connectivity index (χ1n) is 5.30. The molecule has 1 amide bonds. The number of amides is 1. The molecule has 1 aromatic heterocycles. The topological polar surface area (TPSA) is 75.6 Å². The fraction of sp³-hybridized carbons (Fsp3) is 0.455. The zero-order chi connectivity index (χ0) is 12.4. The van der Waals surface area contributed by atoms with Crippen molar-refractivity contribution < 1.29 is 19.4 Å². The molecule has 0 saturated heterocycles. The lowest BCUT2D eigenvalue weighted by Gasteiger charge is -2.23. The first kappa shape index (κ1) is 12.1. The Morgan fingerprint density at radius 3 is 3.06 bits per heavy atom. The fourth-order valence-electron chi connectivity index (χ4n) is 1.81. The molecule has 0 spiro atoms. The minimum absolute atomic E-state index is 0.116. The van der Waals surface area contributed by atoms with Crippen LogP contribution in [0.2, 0.25) is 0 Å². The molecular weight excluding hydrogens is 242 g/mol. The van der Waals surface area contributed by atoms with E-state index in [2.05, 4.69) is 5.32 Å². The summed E-state index contributed by atoms with van der Waals surface area (Å²) >= 11 is 1.29. The van der Waals surface area contributed by atoms with Gasteiger partial charge in [-0.05, 0) is 11.6 Å². The van der Waals surface area contributed by atoms with E-state index >= 15 is 0 Å². The maximum atomic E-state index is 10.9. The van der Waals surface area contributed by atoms with Crippen molar-refractivity contribution in [3.05, 3.63) is 21.4 Å². The zero-order valence-corrected chi connectivity index (χ0v) is 10.2. The van der Waals surface area contributed by atoms with Crippen LogP contribution in [0.1, 0.15) is 33.1 Å². The molecule has 2 heterocycles. The van der Waals surface area contributed by atoms with Gasteiger partial charge in [-0.25, -0.2) is 4.79 Å². The lowest BCUT2D eigenvalue weighted by atomic mass is 10.1. The number of thiophene rings is 1. The number of carbonyl (C=O) groups is 2. The second-order valence-corrected chi connectivity index (χ2v) is 4.98. The van der Waals surface area contributed by atoms with E-state index in [1.54, 1.807) is 6.07 Å². The fourth-order valence-corrected chi connectivity index (χ4v) is 2.84. The Labute approximate surface area is 102 Å². The number of hydrogen-bond acceptors (Lipinski definition) is 4. The normalized spacial score (nSPS) is 18.5. The first-order chi connectivity index (χ1) is 8.08. The minimum Gasteiger partial charge on any atom is -0.477 e. The van der Waals surface area contributed by atoms with Crippen LogP contribution in [-0.2, 0) is 16.0 Å². The molecule has 2 rings (SSSR count). The number of aromatic carboxylic acids is 1. The Morgan fingerprint density at radius 2 is 2.41 bits per heavy atom. The van der Waals surface area contributed by atoms with Crippen molar-refractivity contribution in [1.29, 1.82) is 0 Å². The molecular formula is C11H13NO4S. The predicted octanol–water partition coefficient (Wildman–Crippen LogP) is 1.20. The van der Waals surface area contributed by atoms with Gasteiger partial charge in [0.15, 0.2) is 0 Å². The second kappa shape index (κ2) is 4.85. The van der Waals surface area contributed by atoms with Crippen LogP contribution >= 0.6 is 11.3 Å². The molecule has 0 radical (unpaired) electrons. The van der Waals surface area contributed by atoms with Gasteiger partial charge in [-0.2, -0.15) is 0 Å². The maximum absolute atomic E-state index is 10.9. The molecule has 92 valence electrons. The standard InChI is InChI=1S/C11H13NO4S/c1-6(13)12-5-8-7-4-10(11(14)15)17-9(7)2-3-16-8/h4,8H,2-3,5H2,1H3,(H,12,13)(H,14,15). The highest BCUT2D eigenvalue weighted by Gasteiger charge is 2.25. The van der Waals surface area contributed by atoms with Gasteiger partial charge in [0.1, 0.15) is 11.0 Å². The average molecular weight is 255 g/mol. The SMILES string of the molecule is CC(=O)NCC1OCCc2sc(C(=O)O)cc21. The van der Waals surface area contributed by atoms with Crippen molar-refractivity contribution in [2.24, 2.45) is 0 Å². The van der Waals surface area contributed by atoms with Gasteiger partial charge in [-0.1, -0.05) is 0 Å². The van der Waals surface area contributed by atoms with E-state index in [0.717, 1.165) is 16.9 Å². The number of carboxylic acid groups (broad SMARTS) is 1. The van der Waals surface area contributed by atoms with Crippen LogP contribution in [0.5, 0.6) is 0 Å². The van der Waals surface area contributed by atoms with E-state index in [4.69, 9.17) is 9.84 Å². The van der Waals surface area contributed by atoms with E-state index in [-0.39, 0.29) is 12.0 Å². The largest absolute Gasteiger partial charge is 0.477 e. The lowest BCUT2D eigenvalue weighted by Crippen LogP contribution is -2.29. The summed E-state index contributed by atoms with van der Waals surface area (Å²) < 4.78 is 5.55. The van der Waals surface area contributed by atoms with E-state index in [0.29, 0.717) is 18.0 Å². The van der Waals surface area contributed by atoms with E-state index in [9.17, 15) is 9.59 Å². The Hall–Kier alpha value is -1.40. The zero-order valence-electron chi connectivity index (χ0n) is 9.36. The Kier molecular flexibility index (Phi) is 3.44. The summed E-state index contributed by atoms with van der Waals surface area (Å²) in [5, 5.41) is 11.6. The quantitative estimate of drug-likeness (QED) is 0.851. The summed E-state index contributed by atoms with van der Waals surface area (Å²) in [7, 11) is 0. The number of carbonyl (C=O) groups excluding carboxylic acids is 1. The number of hydrogen-bond donors (Lipinski definition) is 2. The Bertz CT molecular complexity index is 454. The lowest BCUT2D eigenvalue weighted by molar-refractivity contribution is -0.119. The third-order valence-corrected chi connectivity index (χ3v) is 3.78. The van der Waals surface area contributed by atoms with Gasteiger partial charge < -0.3 is 15.2 Å². The summed E-state index contributed by atoms with van der Waals surface area (Å²) in [5.74, 6) is -1.03. The number of ether oxygens (including phenoxy) is 1. The van der Waals surface area contributed by atoms with E-state index < -0.39 is 5.97 Å². The van der Waals surface area contributed by atoms with Crippen molar-refractivity contribution in [1.82, 2.24) is 5.32 Å². The molecule has 5 nitrogen and oxygen atoms in total. The van der Waals surface area contributed by atoms with Crippen LogP contribution in [-0.4, -0.2) is 30.1 Å². The second-order valence-electron chi connectivity index (χ2n) is 3.84. The van der Waals surface area contributed by atoms with Crippen LogP contribution in [0.25, 0.3) is 0 Å².